The fourth-order valence-electron chi connectivity index (χ4n) is 2.58. The van der Waals surface area contributed by atoms with Gasteiger partial charge in [0.2, 0.25) is 0 Å². The largest absolute Gasteiger partial charge is 0.390 e. The molecule has 2 N–H and O–H groups in total. The van der Waals surface area contributed by atoms with Gasteiger partial charge in [0.1, 0.15) is 0 Å². The van der Waals surface area contributed by atoms with Crippen molar-refractivity contribution in [2.45, 2.75) is 52.8 Å². The number of nitrogens with one attached hydrogen (secondary N) is 1. The van der Waals surface area contributed by atoms with Gasteiger partial charge in [-0.25, -0.2) is 0 Å². The van der Waals surface area contributed by atoms with Gasteiger partial charge in [-0.2, -0.15) is 0 Å². The third-order valence-corrected chi connectivity index (χ3v) is 4.17. The maximum atomic E-state index is 10.3. The number of aliphatic hydroxyl groups is 1. The van der Waals surface area contributed by atoms with Crippen LogP contribution in [0, 0.1) is 13.8 Å². The van der Waals surface area contributed by atoms with Crippen LogP contribution in [0.3, 0.4) is 0 Å². The van der Waals surface area contributed by atoms with Crippen LogP contribution in [0.5, 0.6) is 0 Å². The summed E-state index contributed by atoms with van der Waals surface area (Å²) in [6.07, 6.45) is -0.450. The second-order valence-electron chi connectivity index (χ2n) is 6.74. The fraction of sp³-hybridized carbons (Fsp3) is 0.529. The van der Waals surface area contributed by atoms with Crippen LogP contribution in [0.4, 0.5) is 0 Å². The van der Waals surface area contributed by atoms with Crippen molar-refractivity contribution in [3.05, 3.63) is 34.5 Å². The Hall–Kier alpha value is -1.03. The molecule has 2 rings (SSSR count). The molecule has 1 atom stereocenters. The Labute approximate surface area is 131 Å². The van der Waals surface area contributed by atoms with Crippen LogP contribution in [0.25, 0.3) is 10.9 Å². The summed E-state index contributed by atoms with van der Waals surface area (Å²) in [7, 11) is 0. The number of halogens is 1. The summed E-state index contributed by atoms with van der Waals surface area (Å²) in [6.45, 7) is 11.6. The minimum absolute atomic E-state index is 0.00232. The molecule has 116 valence electrons. The summed E-state index contributed by atoms with van der Waals surface area (Å²) < 4.78 is 2.13. The molecule has 0 saturated heterocycles. The molecule has 0 bridgehead atoms. The van der Waals surface area contributed by atoms with Crippen molar-refractivity contribution in [3.63, 3.8) is 0 Å². The average molecular weight is 309 g/mol. The van der Waals surface area contributed by atoms with Gasteiger partial charge in [-0.1, -0.05) is 23.7 Å². The molecular formula is C17H25ClN2O. The fourth-order valence-corrected chi connectivity index (χ4v) is 2.86. The number of aliphatic hydroxyl groups excluding tert-OH is 1. The number of hydrogen-bond donors (Lipinski definition) is 2. The molecule has 1 aromatic carbocycles. The highest BCUT2D eigenvalue weighted by Gasteiger charge is 2.17. The lowest BCUT2D eigenvalue weighted by Crippen LogP contribution is -2.42. The summed E-state index contributed by atoms with van der Waals surface area (Å²) in [5.74, 6) is 0. The van der Waals surface area contributed by atoms with Gasteiger partial charge in [0.25, 0.3) is 0 Å². The Morgan fingerprint density at radius 1 is 1.29 bits per heavy atom. The van der Waals surface area contributed by atoms with Gasteiger partial charge in [-0.15, -0.1) is 0 Å². The van der Waals surface area contributed by atoms with Crippen LogP contribution < -0.4 is 5.32 Å². The highest BCUT2D eigenvalue weighted by Crippen LogP contribution is 2.30. The zero-order chi connectivity index (χ0) is 15.8. The maximum absolute atomic E-state index is 10.3. The third-order valence-electron chi connectivity index (χ3n) is 3.87. The second kappa shape index (κ2) is 5.99. The SMILES string of the molecule is Cc1c(C)n(C[C@H](O)CNC(C)(C)C)c2c(Cl)cccc12. The number of nitrogens with zero attached hydrogens (tertiary/aromatic N) is 1. The molecule has 0 amide bonds. The van der Waals surface area contributed by atoms with Gasteiger partial charge >= 0.3 is 0 Å². The van der Waals surface area contributed by atoms with Crippen LogP contribution in [0.15, 0.2) is 18.2 Å². The van der Waals surface area contributed by atoms with E-state index in [-0.39, 0.29) is 5.54 Å². The summed E-state index contributed by atoms with van der Waals surface area (Å²) in [4.78, 5) is 0. The zero-order valence-electron chi connectivity index (χ0n) is 13.5. The molecule has 0 unspecified atom stereocenters. The molecule has 0 aliphatic heterocycles. The van der Waals surface area contributed by atoms with E-state index in [0.717, 1.165) is 21.6 Å². The minimum atomic E-state index is -0.450. The Kier molecular flexibility index (Phi) is 4.66. The highest BCUT2D eigenvalue weighted by atomic mass is 35.5. The van der Waals surface area contributed by atoms with Gasteiger partial charge in [-0.05, 0) is 46.2 Å². The average Bonchev–Trinajstić information content (AvgIpc) is 2.62. The van der Waals surface area contributed by atoms with E-state index in [1.807, 2.05) is 12.1 Å². The Bertz CT molecular complexity index is 640. The van der Waals surface area contributed by atoms with E-state index in [9.17, 15) is 5.11 Å². The van der Waals surface area contributed by atoms with E-state index >= 15 is 0 Å². The number of hydrogen-bond acceptors (Lipinski definition) is 2. The zero-order valence-corrected chi connectivity index (χ0v) is 14.3. The number of aromatic nitrogens is 1. The molecule has 0 spiro atoms. The molecule has 0 aliphatic carbocycles. The predicted molar refractivity (Wildman–Crippen MR) is 90.2 cm³/mol. The number of aryl methyl sites for hydroxylation is 1. The lowest BCUT2D eigenvalue weighted by Gasteiger charge is -2.23. The van der Waals surface area contributed by atoms with Gasteiger partial charge in [0.05, 0.1) is 23.2 Å². The van der Waals surface area contributed by atoms with E-state index < -0.39 is 6.10 Å². The summed E-state index contributed by atoms with van der Waals surface area (Å²) in [5, 5.41) is 15.6. The Morgan fingerprint density at radius 3 is 2.57 bits per heavy atom. The first-order valence-corrected chi connectivity index (χ1v) is 7.75. The molecule has 0 aliphatic rings. The molecule has 2 aromatic rings. The Morgan fingerprint density at radius 2 is 1.95 bits per heavy atom. The van der Waals surface area contributed by atoms with Gasteiger partial charge in [0.15, 0.2) is 0 Å². The summed E-state index contributed by atoms with van der Waals surface area (Å²) in [6, 6.07) is 5.96. The third kappa shape index (κ3) is 3.60. The van der Waals surface area contributed by atoms with E-state index in [1.54, 1.807) is 0 Å². The van der Waals surface area contributed by atoms with E-state index in [4.69, 9.17) is 11.6 Å². The molecule has 0 saturated carbocycles. The molecule has 3 nitrogen and oxygen atoms in total. The van der Waals surface area contributed by atoms with Crippen LogP contribution in [0.2, 0.25) is 5.02 Å². The molecule has 0 radical (unpaired) electrons. The monoisotopic (exact) mass is 308 g/mol. The molecule has 1 heterocycles. The standard InChI is InChI=1S/C17H25ClN2O/c1-11-12(2)20(10-13(21)9-19-17(3,4)5)16-14(11)7-6-8-15(16)18/h6-8,13,19,21H,9-10H2,1-5H3/t13-/m1/s1. The van der Waals surface area contributed by atoms with Crippen molar-refractivity contribution in [3.8, 4) is 0 Å². The Balaban J connectivity index is 2.28. The number of β-amino-alcohol motifs (C(OH)–C–C–N with tert-alkyl or cyclic N) is 1. The number of fused-ring (bicyclic) bond motifs is 1. The predicted octanol–water partition coefficient (Wildman–Crippen LogP) is 3.66. The van der Waals surface area contributed by atoms with Crippen molar-refractivity contribution in [1.82, 2.24) is 9.88 Å². The minimum Gasteiger partial charge on any atom is -0.390 e. The van der Waals surface area contributed by atoms with Crippen LogP contribution in [0.1, 0.15) is 32.0 Å². The molecule has 21 heavy (non-hydrogen) atoms. The lowest BCUT2D eigenvalue weighted by molar-refractivity contribution is 0.142. The first kappa shape index (κ1) is 16.3. The first-order valence-electron chi connectivity index (χ1n) is 7.37. The highest BCUT2D eigenvalue weighted by molar-refractivity contribution is 6.35. The molecule has 4 heteroatoms. The van der Waals surface area contributed by atoms with Gasteiger partial charge in [0, 0.05) is 23.2 Å². The molecule has 0 fully saturated rings. The normalized spacial score (nSPS) is 13.9. The van der Waals surface area contributed by atoms with E-state index in [1.165, 1.54) is 5.56 Å². The molecular weight excluding hydrogens is 284 g/mol. The summed E-state index contributed by atoms with van der Waals surface area (Å²) >= 11 is 6.36. The van der Waals surface area contributed by atoms with Crippen molar-refractivity contribution >= 4 is 22.5 Å². The van der Waals surface area contributed by atoms with Gasteiger partial charge < -0.3 is 15.0 Å². The first-order chi connectivity index (χ1) is 9.70. The smallest absolute Gasteiger partial charge is 0.0843 e. The van der Waals surface area contributed by atoms with Crippen molar-refractivity contribution in [2.24, 2.45) is 0 Å². The van der Waals surface area contributed by atoms with E-state index in [0.29, 0.717) is 13.1 Å². The number of para-hydroxylation sites is 1. The topological polar surface area (TPSA) is 37.2 Å². The lowest BCUT2D eigenvalue weighted by atomic mass is 10.1. The van der Waals surface area contributed by atoms with Crippen LogP contribution in [-0.2, 0) is 6.54 Å². The van der Waals surface area contributed by atoms with Crippen molar-refractivity contribution in [2.75, 3.05) is 6.54 Å². The van der Waals surface area contributed by atoms with Crippen LogP contribution in [-0.4, -0.2) is 27.9 Å². The second-order valence-corrected chi connectivity index (χ2v) is 7.15. The summed E-state index contributed by atoms with van der Waals surface area (Å²) in [5.41, 5.74) is 3.41. The maximum Gasteiger partial charge on any atom is 0.0843 e. The van der Waals surface area contributed by atoms with Crippen molar-refractivity contribution < 1.29 is 5.11 Å². The van der Waals surface area contributed by atoms with Crippen molar-refractivity contribution in [1.29, 1.82) is 0 Å². The number of rotatable bonds is 4. The quantitative estimate of drug-likeness (QED) is 0.904. The molecule has 1 aromatic heterocycles. The van der Waals surface area contributed by atoms with E-state index in [2.05, 4.69) is 50.6 Å². The van der Waals surface area contributed by atoms with Crippen LogP contribution >= 0.6 is 11.6 Å². The number of benzene rings is 1. The van der Waals surface area contributed by atoms with Gasteiger partial charge in [-0.3, -0.25) is 0 Å².